The van der Waals surface area contributed by atoms with Crippen molar-refractivity contribution in [1.29, 1.82) is 0 Å². The summed E-state index contributed by atoms with van der Waals surface area (Å²) in [7, 11) is 0. The standard InChI is InChI=1S/C12H14O2/c1-7-4-10-6-8(2)14-12(10)11(5-7)9(3)13/h4-5,8H,6H2,1-3H3. The Labute approximate surface area is 83.9 Å². The van der Waals surface area contributed by atoms with Crippen molar-refractivity contribution < 1.29 is 9.53 Å². The molecule has 0 saturated heterocycles. The number of ketones is 1. The SMILES string of the molecule is CC(=O)c1cc(C)cc2c1OC(C)C2. The molecule has 1 aliphatic rings. The topological polar surface area (TPSA) is 26.3 Å². The normalized spacial score (nSPS) is 18.9. The number of carbonyl (C=O) groups is 1. The molecule has 0 spiro atoms. The van der Waals surface area contributed by atoms with Crippen molar-refractivity contribution in [3.8, 4) is 5.75 Å². The Kier molecular flexibility index (Phi) is 2.06. The zero-order valence-electron chi connectivity index (χ0n) is 8.76. The van der Waals surface area contributed by atoms with Crippen LogP contribution in [0.5, 0.6) is 5.75 Å². The van der Waals surface area contributed by atoms with Crippen LogP contribution in [0.1, 0.15) is 35.3 Å². The molecule has 1 aromatic carbocycles. The molecule has 1 unspecified atom stereocenters. The van der Waals surface area contributed by atoms with Crippen LogP contribution in [0.3, 0.4) is 0 Å². The third kappa shape index (κ3) is 1.41. The van der Waals surface area contributed by atoms with Crippen LogP contribution in [0.25, 0.3) is 0 Å². The fourth-order valence-corrected chi connectivity index (χ4v) is 1.95. The number of aryl methyl sites for hydroxylation is 1. The minimum atomic E-state index is 0.0825. The first kappa shape index (κ1) is 9.25. The molecular weight excluding hydrogens is 176 g/mol. The average Bonchev–Trinajstić information content (AvgIpc) is 2.42. The van der Waals surface area contributed by atoms with Gasteiger partial charge in [0.25, 0.3) is 0 Å². The van der Waals surface area contributed by atoms with E-state index < -0.39 is 0 Å². The molecule has 0 saturated carbocycles. The predicted molar refractivity (Wildman–Crippen MR) is 55.0 cm³/mol. The van der Waals surface area contributed by atoms with Gasteiger partial charge in [0.15, 0.2) is 5.78 Å². The predicted octanol–water partition coefficient (Wildman–Crippen LogP) is 2.52. The molecule has 1 atom stereocenters. The van der Waals surface area contributed by atoms with Gasteiger partial charge in [0.2, 0.25) is 0 Å². The highest BCUT2D eigenvalue weighted by Crippen LogP contribution is 2.33. The first-order valence-electron chi connectivity index (χ1n) is 4.89. The second-order valence-corrected chi connectivity index (χ2v) is 3.99. The van der Waals surface area contributed by atoms with Crippen molar-refractivity contribution >= 4 is 5.78 Å². The first-order valence-corrected chi connectivity index (χ1v) is 4.89. The Morgan fingerprint density at radius 3 is 2.86 bits per heavy atom. The molecule has 0 radical (unpaired) electrons. The highest BCUT2D eigenvalue weighted by molar-refractivity contribution is 5.97. The molecule has 0 N–H and O–H groups in total. The second kappa shape index (κ2) is 3.12. The third-order valence-electron chi connectivity index (χ3n) is 2.52. The summed E-state index contributed by atoms with van der Waals surface area (Å²) in [6.07, 6.45) is 1.11. The molecule has 0 fully saturated rings. The van der Waals surface area contributed by atoms with Crippen LogP contribution in [0.15, 0.2) is 12.1 Å². The van der Waals surface area contributed by atoms with Gasteiger partial charge in [0, 0.05) is 6.42 Å². The quantitative estimate of drug-likeness (QED) is 0.636. The fourth-order valence-electron chi connectivity index (χ4n) is 1.95. The lowest BCUT2D eigenvalue weighted by molar-refractivity contribution is 0.101. The molecule has 1 aliphatic heterocycles. The van der Waals surface area contributed by atoms with Crippen molar-refractivity contribution in [2.24, 2.45) is 0 Å². The van der Waals surface area contributed by atoms with Gasteiger partial charge in [0.05, 0.1) is 5.56 Å². The molecule has 0 aromatic heterocycles. The van der Waals surface area contributed by atoms with Crippen LogP contribution >= 0.6 is 0 Å². The highest BCUT2D eigenvalue weighted by atomic mass is 16.5. The van der Waals surface area contributed by atoms with Crippen LogP contribution < -0.4 is 4.74 Å². The monoisotopic (exact) mass is 190 g/mol. The van der Waals surface area contributed by atoms with Crippen molar-refractivity contribution in [2.75, 3.05) is 0 Å². The number of hydrogen-bond acceptors (Lipinski definition) is 2. The molecular formula is C12H14O2. The summed E-state index contributed by atoms with van der Waals surface area (Å²) in [5, 5.41) is 0. The maximum Gasteiger partial charge on any atom is 0.163 e. The molecule has 0 amide bonds. The third-order valence-corrected chi connectivity index (χ3v) is 2.52. The van der Waals surface area contributed by atoms with Gasteiger partial charge in [0.1, 0.15) is 11.9 Å². The zero-order chi connectivity index (χ0) is 10.3. The minimum Gasteiger partial charge on any atom is -0.489 e. The number of ether oxygens (including phenoxy) is 1. The summed E-state index contributed by atoms with van der Waals surface area (Å²) in [5.41, 5.74) is 3.03. The van der Waals surface area contributed by atoms with E-state index in [0.717, 1.165) is 23.3 Å². The van der Waals surface area contributed by atoms with Gasteiger partial charge in [-0.15, -0.1) is 0 Å². The van der Waals surface area contributed by atoms with Crippen LogP contribution in [0.2, 0.25) is 0 Å². The van der Waals surface area contributed by atoms with Crippen molar-refractivity contribution in [2.45, 2.75) is 33.3 Å². The molecule has 74 valence electrons. The number of fused-ring (bicyclic) bond motifs is 1. The van der Waals surface area contributed by atoms with Gasteiger partial charge < -0.3 is 4.74 Å². The van der Waals surface area contributed by atoms with Gasteiger partial charge in [-0.2, -0.15) is 0 Å². The first-order chi connectivity index (χ1) is 6.58. The molecule has 2 rings (SSSR count). The highest BCUT2D eigenvalue weighted by Gasteiger charge is 2.23. The summed E-state index contributed by atoms with van der Waals surface area (Å²) in [4.78, 5) is 11.4. The number of Topliss-reactive ketones (excluding diaryl/α,β-unsaturated/α-hetero) is 1. The summed E-state index contributed by atoms with van der Waals surface area (Å²) in [5.74, 6) is 0.884. The van der Waals surface area contributed by atoms with E-state index in [1.807, 2.05) is 19.9 Å². The van der Waals surface area contributed by atoms with Gasteiger partial charge in [-0.1, -0.05) is 6.07 Å². The Balaban J connectivity index is 2.57. The van der Waals surface area contributed by atoms with Crippen molar-refractivity contribution in [3.05, 3.63) is 28.8 Å². The average molecular weight is 190 g/mol. The summed E-state index contributed by atoms with van der Waals surface area (Å²) in [6, 6.07) is 4.00. The maximum atomic E-state index is 11.4. The zero-order valence-corrected chi connectivity index (χ0v) is 8.76. The fraction of sp³-hybridized carbons (Fsp3) is 0.417. The Bertz CT molecular complexity index is 394. The smallest absolute Gasteiger partial charge is 0.163 e. The van der Waals surface area contributed by atoms with Gasteiger partial charge >= 0.3 is 0 Å². The van der Waals surface area contributed by atoms with Crippen LogP contribution in [0, 0.1) is 6.92 Å². The van der Waals surface area contributed by atoms with Crippen LogP contribution in [-0.2, 0) is 6.42 Å². The molecule has 0 aliphatic carbocycles. The van der Waals surface area contributed by atoms with Crippen LogP contribution in [0.4, 0.5) is 0 Å². The summed E-state index contributed by atoms with van der Waals surface area (Å²) in [6.45, 7) is 5.62. The van der Waals surface area contributed by atoms with Crippen molar-refractivity contribution in [3.63, 3.8) is 0 Å². The molecule has 2 nitrogen and oxygen atoms in total. The van der Waals surface area contributed by atoms with E-state index in [-0.39, 0.29) is 11.9 Å². The maximum absolute atomic E-state index is 11.4. The Morgan fingerprint density at radius 2 is 2.21 bits per heavy atom. The number of rotatable bonds is 1. The lowest BCUT2D eigenvalue weighted by Crippen LogP contribution is -2.06. The van der Waals surface area contributed by atoms with E-state index in [9.17, 15) is 4.79 Å². The Hall–Kier alpha value is -1.31. The minimum absolute atomic E-state index is 0.0825. The number of hydrogen-bond donors (Lipinski definition) is 0. The van der Waals surface area contributed by atoms with E-state index in [1.54, 1.807) is 6.92 Å². The molecule has 1 aromatic rings. The van der Waals surface area contributed by atoms with Crippen LogP contribution in [-0.4, -0.2) is 11.9 Å². The van der Waals surface area contributed by atoms with Gasteiger partial charge in [-0.05, 0) is 38.0 Å². The van der Waals surface area contributed by atoms with E-state index in [0.29, 0.717) is 0 Å². The van der Waals surface area contributed by atoms with Crippen molar-refractivity contribution in [1.82, 2.24) is 0 Å². The number of carbonyl (C=O) groups excluding carboxylic acids is 1. The molecule has 0 bridgehead atoms. The van der Waals surface area contributed by atoms with E-state index in [4.69, 9.17) is 4.74 Å². The lowest BCUT2D eigenvalue weighted by atomic mass is 10.0. The Morgan fingerprint density at radius 1 is 1.50 bits per heavy atom. The summed E-state index contributed by atoms with van der Waals surface area (Å²) >= 11 is 0. The molecule has 2 heteroatoms. The van der Waals surface area contributed by atoms with E-state index in [2.05, 4.69) is 6.07 Å². The van der Waals surface area contributed by atoms with E-state index >= 15 is 0 Å². The molecule has 14 heavy (non-hydrogen) atoms. The largest absolute Gasteiger partial charge is 0.489 e. The lowest BCUT2D eigenvalue weighted by Gasteiger charge is -2.07. The number of benzene rings is 1. The van der Waals surface area contributed by atoms with Gasteiger partial charge in [-0.25, -0.2) is 0 Å². The molecule has 1 heterocycles. The summed E-state index contributed by atoms with van der Waals surface area (Å²) < 4.78 is 5.63. The second-order valence-electron chi connectivity index (χ2n) is 3.99. The van der Waals surface area contributed by atoms with E-state index in [1.165, 1.54) is 5.56 Å². The van der Waals surface area contributed by atoms with Gasteiger partial charge in [-0.3, -0.25) is 4.79 Å².